The molecular formula is C7H15FN2O. The van der Waals surface area contributed by atoms with E-state index in [4.69, 9.17) is 5.73 Å². The molecular weight excluding hydrogens is 147 g/mol. The van der Waals surface area contributed by atoms with Gasteiger partial charge in [-0.05, 0) is 6.92 Å². The highest BCUT2D eigenvalue weighted by Gasteiger charge is 2.15. The lowest BCUT2D eigenvalue weighted by Gasteiger charge is -2.14. The van der Waals surface area contributed by atoms with Gasteiger partial charge < -0.3 is 11.1 Å². The van der Waals surface area contributed by atoms with Crippen LogP contribution in [0.3, 0.4) is 0 Å². The Hall–Kier alpha value is -0.640. The maximum atomic E-state index is 11.6. The monoisotopic (exact) mass is 162 g/mol. The van der Waals surface area contributed by atoms with Crippen LogP contribution in [0.15, 0.2) is 0 Å². The van der Waals surface area contributed by atoms with E-state index in [-0.39, 0.29) is 24.4 Å². The standard InChI is InChI=1S/C7H15FN2O/c1-5(6(2)9)7(11)10-4-3-8/h5-6H,3-4,9H2,1-2H3,(H,10,11). The molecule has 1 amide bonds. The van der Waals surface area contributed by atoms with Crippen LogP contribution in [0.25, 0.3) is 0 Å². The summed E-state index contributed by atoms with van der Waals surface area (Å²) in [4.78, 5) is 11.0. The zero-order chi connectivity index (χ0) is 8.85. The number of hydrogen-bond acceptors (Lipinski definition) is 2. The summed E-state index contributed by atoms with van der Waals surface area (Å²) < 4.78 is 11.6. The molecule has 0 radical (unpaired) electrons. The van der Waals surface area contributed by atoms with Gasteiger partial charge in [0.1, 0.15) is 6.67 Å². The number of alkyl halides is 1. The molecule has 0 aliphatic rings. The van der Waals surface area contributed by atoms with E-state index in [9.17, 15) is 9.18 Å². The average molecular weight is 162 g/mol. The van der Waals surface area contributed by atoms with E-state index >= 15 is 0 Å². The highest BCUT2D eigenvalue weighted by Crippen LogP contribution is 1.98. The zero-order valence-corrected chi connectivity index (χ0v) is 6.93. The van der Waals surface area contributed by atoms with E-state index < -0.39 is 6.67 Å². The fourth-order valence-electron chi connectivity index (χ4n) is 0.570. The summed E-state index contributed by atoms with van der Waals surface area (Å²) in [5, 5.41) is 2.42. The van der Waals surface area contributed by atoms with Gasteiger partial charge in [-0.2, -0.15) is 0 Å². The summed E-state index contributed by atoms with van der Waals surface area (Å²) in [5.41, 5.74) is 5.45. The topological polar surface area (TPSA) is 55.1 Å². The molecule has 0 heterocycles. The third kappa shape index (κ3) is 3.93. The second kappa shape index (κ2) is 5.07. The molecule has 0 aliphatic heterocycles. The quantitative estimate of drug-likeness (QED) is 0.614. The van der Waals surface area contributed by atoms with Crippen molar-refractivity contribution in [2.75, 3.05) is 13.2 Å². The molecule has 0 aliphatic carbocycles. The minimum Gasteiger partial charge on any atom is -0.353 e. The van der Waals surface area contributed by atoms with Crippen LogP contribution >= 0.6 is 0 Å². The SMILES string of the molecule is CC(N)C(C)C(=O)NCCF. The number of carbonyl (C=O) groups excluding carboxylic acids is 1. The van der Waals surface area contributed by atoms with Gasteiger partial charge in [0, 0.05) is 18.5 Å². The second-order valence-corrected chi connectivity index (χ2v) is 2.63. The van der Waals surface area contributed by atoms with Crippen molar-refractivity contribution in [3.05, 3.63) is 0 Å². The molecule has 0 rings (SSSR count). The molecule has 0 aromatic carbocycles. The number of nitrogens with one attached hydrogen (secondary N) is 1. The summed E-state index contributed by atoms with van der Waals surface area (Å²) in [5.74, 6) is -0.431. The normalized spacial score (nSPS) is 15.6. The first-order valence-electron chi connectivity index (χ1n) is 3.68. The summed E-state index contributed by atoms with van der Waals surface area (Å²) in [6, 6.07) is -0.186. The fourth-order valence-corrected chi connectivity index (χ4v) is 0.570. The Morgan fingerprint density at radius 2 is 2.18 bits per heavy atom. The van der Waals surface area contributed by atoms with Crippen molar-refractivity contribution < 1.29 is 9.18 Å². The van der Waals surface area contributed by atoms with Crippen molar-refractivity contribution in [1.82, 2.24) is 5.32 Å². The van der Waals surface area contributed by atoms with Crippen LogP contribution in [-0.2, 0) is 4.79 Å². The minimum absolute atomic E-state index is 0.0793. The summed E-state index contributed by atoms with van der Waals surface area (Å²) >= 11 is 0. The van der Waals surface area contributed by atoms with Gasteiger partial charge in [-0.15, -0.1) is 0 Å². The maximum Gasteiger partial charge on any atom is 0.224 e. The first kappa shape index (κ1) is 10.4. The van der Waals surface area contributed by atoms with E-state index in [1.165, 1.54) is 0 Å². The summed E-state index contributed by atoms with van der Waals surface area (Å²) in [7, 11) is 0. The fraction of sp³-hybridized carbons (Fsp3) is 0.857. The first-order chi connectivity index (χ1) is 5.09. The Morgan fingerprint density at radius 3 is 2.55 bits per heavy atom. The molecule has 11 heavy (non-hydrogen) atoms. The van der Waals surface area contributed by atoms with Crippen molar-refractivity contribution in [1.29, 1.82) is 0 Å². The van der Waals surface area contributed by atoms with Crippen molar-refractivity contribution in [3.63, 3.8) is 0 Å². The van der Waals surface area contributed by atoms with Gasteiger partial charge in [0.05, 0.1) is 0 Å². The lowest BCUT2D eigenvalue weighted by atomic mass is 10.0. The van der Waals surface area contributed by atoms with Crippen LogP contribution in [0.1, 0.15) is 13.8 Å². The second-order valence-electron chi connectivity index (χ2n) is 2.63. The van der Waals surface area contributed by atoms with Gasteiger partial charge in [-0.25, -0.2) is 4.39 Å². The van der Waals surface area contributed by atoms with Crippen LogP contribution in [0.5, 0.6) is 0 Å². The predicted molar refractivity (Wildman–Crippen MR) is 41.8 cm³/mol. The van der Waals surface area contributed by atoms with Gasteiger partial charge in [0.15, 0.2) is 0 Å². The average Bonchev–Trinajstić information content (AvgIpc) is 1.98. The van der Waals surface area contributed by atoms with Gasteiger partial charge in [0.2, 0.25) is 5.91 Å². The Morgan fingerprint density at radius 1 is 1.64 bits per heavy atom. The summed E-state index contributed by atoms with van der Waals surface area (Å²) in [6.07, 6.45) is 0. The predicted octanol–water partition coefficient (Wildman–Crippen LogP) is 0.0554. The molecule has 2 unspecified atom stereocenters. The Labute approximate surface area is 66.1 Å². The maximum absolute atomic E-state index is 11.6. The molecule has 3 N–H and O–H groups in total. The molecule has 0 fully saturated rings. The molecule has 0 saturated heterocycles. The lowest BCUT2D eigenvalue weighted by Crippen LogP contribution is -2.39. The molecule has 0 saturated carbocycles. The molecule has 3 nitrogen and oxygen atoms in total. The molecule has 0 aromatic heterocycles. The third-order valence-corrected chi connectivity index (χ3v) is 1.60. The third-order valence-electron chi connectivity index (χ3n) is 1.60. The lowest BCUT2D eigenvalue weighted by molar-refractivity contribution is -0.124. The van der Waals surface area contributed by atoms with Gasteiger partial charge in [0.25, 0.3) is 0 Å². The molecule has 4 heteroatoms. The van der Waals surface area contributed by atoms with Crippen LogP contribution in [0, 0.1) is 5.92 Å². The zero-order valence-electron chi connectivity index (χ0n) is 6.93. The molecule has 0 aromatic rings. The van der Waals surface area contributed by atoms with E-state index in [1.54, 1.807) is 13.8 Å². The number of hydrogen-bond donors (Lipinski definition) is 2. The highest BCUT2D eigenvalue weighted by molar-refractivity contribution is 5.78. The van der Waals surface area contributed by atoms with Crippen LogP contribution in [0.2, 0.25) is 0 Å². The van der Waals surface area contributed by atoms with E-state index in [2.05, 4.69) is 5.32 Å². The highest BCUT2D eigenvalue weighted by atomic mass is 19.1. The van der Waals surface area contributed by atoms with Crippen LogP contribution in [0.4, 0.5) is 4.39 Å². The number of halogens is 1. The van der Waals surface area contributed by atoms with E-state index in [0.717, 1.165) is 0 Å². The number of nitrogens with two attached hydrogens (primary N) is 1. The van der Waals surface area contributed by atoms with Crippen molar-refractivity contribution in [2.45, 2.75) is 19.9 Å². The van der Waals surface area contributed by atoms with Gasteiger partial charge >= 0.3 is 0 Å². The molecule has 0 bridgehead atoms. The van der Waals surface area contributed by atoms with Gasteiger partial charge in [-0.1, -0.05) is 6.92 Å². The van der Waals surface area contributed by atoms with Crippen molar-refractivity contribution >= 4 is 5.91 Å². The first-order valence-corrected chi connectivity index (χ1v) is 3.68. The van der Waals surface area contributed by atoms with E-state index in [1.807, 2.05) is 0 Å². The number of amides is 1. The molecule has 66 valence electrons. The van der Waals surface area contributed by atoms with Gasteiger partial charge in [-0.3, -0.25) is 4.79 Å². The molecule has 2 atom stereocenters. The van der Waals surface area contributed by atoms with Crippen molar-refractivity contribution in [2.24, 2.45) is 11.7 Å². The smallest absolute Gasteiger partial charge is 0.224 e. The molecule has 0 spiro atoms. The van der Waals surface area contributed by atoms with Crippen LogP contribution in [-0.4, -0.2) is 25.2 Å². The Balaban J connectivity index is 3.64. The van der Waals surface area contributed by atoms with Crippen LogP contribution < -0.4 is 11.1 Å². The van der Waals surface area contributed by atoms with E-state index in [0.29, 0.717) is 0 Å². The van der Waals surface area contributed by atoms with Crippen molar-refractivity contribution in [3.8, 4) is 0 Å². The largest absolute Gasteiger partial charge is 0.353 e. The summed E-state index contributed by atoms with van der Waals surface area (Å²) in [6.45, 7) is 3.02. The number of rotatable bonds is 4. The Kier molecular flexibility index (Phi) is 4.77. The Bertz CT molecular complexity index is 128. The number of carbonyl (C=O) groups is 1. The minimum atomic E-state index is -0.530.